The van der Waals surface area contributed by atoms with Gasteiger partial charge in [-0.1, -0.05) is 33.3 Å². The van der Waals surface area contributed by atoms with Crippen molar-refractivity contribution in [2.75, 3.05) is 0 Å². The normalized spacial score (nSPS) is 11.2. The number of fused-ring (bicyclic) bond motifs is 1. The molecule has 0 saturated heterocycles. The number of furan rings is 1. The van der Waals surface area contributed by atoms with Crippen LogP contribution in [0, 0.1) is 0 Å². The summed E-state index contributed by atoms with van der Waals surface area (Å²) in [5.74, 6) is 1.77. The fourth-order valence-electron chi connectivity index (χ4n) is 2.40. The van der Waals surface area contributed by atoms with Crippen molar-refractivity contribution in [1.29, 1.82) is 0 Å². The first-order chi connectivity index (χ1) is 9.63. The third-order valence-corrected chi connectivity index (χ3v) is 3.43. The van der Waals surface area contributed by atoms with Gasteiger partial charge in [0.1, 0.15) is 17.1 Å². The van der Waals surface area contributed by atoms with Crippen LogP contribution in [-0.2, 0) is 0 Å². The number of rotatable bonds is 7. The van der Waals surface area contributed by atoms with Crippen molar-refractivity contribution in [2.24, 2.45) is 0 Å². The molecule has 108 valence electrons. The van der Waals surface area contributed by atoms with E-state index in [1.165, 1.54) is 0 Å². The van der Waals surface area contributed by atoms with E-state index in [0.717, 1.165) is 53.7 Å². The van der Waals surface area contributed by atoms with Crippen molar-refractivity contribution in [3.05, 3.63) is 36.6 Å². The monoisotopic (exact) mass is 272 g/mol. The lowest BCUT2D eigenvalue weighted by Crippen LogP contribution is -2.15. The van der Waals surface area contributed by atoms with Gasteiger partial charge in [-0.3, -0.25) is 0 Å². The summed E-state index contributed by atoms with van der Waals surface area (Å²) in [5, 5.41) is 1.08. The molecule has 1 heterocycles. The Kier molecular flexibility index (Phi) is 4.89. The topological polar surface area (TPSA) is 22.4 Å². The zero-order valence-corrected chi connectivity index (χ0v) is 12.7. The summed E-state index contributed by atoms with van der Waals surface area (Å²) < 4.78 is 11.8. The predicted molar refractivity (Wildman–Crippen MR) is 85.2 cm³/mol. The molecule has 0 radical (unpaired) electrons. The molecule has 2 aromatic rings. The van der Waals surface area contributed by atoms with Crippen LogP contribution >= 0.6 is 0 Å². The third kappa shape index (κ3) is 3.44. The van der Waals surface area contributed by atoms with Gasteiger partial charge in [-0.05, 0) is 49.6 Å². The van der Waals surface area contributed by atoms with Crippen LogP contribution in [0.25, 0.3) is 16.5 Å². The van der Waals surface area contributed by atoms with Gasteiger partial charge in [0.15, 0.2) is 0 Å². The van der Waals surface area contributed by atoms with E-state index in [1.807, 2.05) is 25.1 Å². The van der Waals surface area contributed by atoms with E-state index >= 15 is 0 Å². The summed E-state index contributed by atoms with van der Waals surface area (Å²) in [7, 11) is 0. The van der Waals surface area contributed by atoms with E-state index in [9.17, 15) is 0 Å². The molecule has 2 nitrogen and oxygen atoms in total. The van der Waals surface area contributed by atoms with Crippen molar-refractivity contribution in [2.45, 2.75) is 52.6 Å². The van der Waals surface area contributed by atoms with Crippen molar-refractivity contribution in [3.8, 4) is 5.75 Å². The van der Waals surface area contributed by atoms with Gasteiger partial charge in [0.2, 0.25) is 0 Å². The van der Waals surface area contributed by atoms with E-state index < -0.39 is 0 Å². The first-order valence-electron chi connectivity index (χ1n) is 7.50. The molecular formula is C18H24O2. The van der Waals surface area contributed by atoms with Crippen LogP contribution in [0.3, 0.4) is 0 Å². The fraction of sp³-hybridized carbons (Fsp3) is 0.444. The maximum atomic E-state index is 6.11. The smallest absolute Gasteiger partial charge is 0.135 e. The van der Waals surface area contributed by atoms with Crippen LogP contribution in [0.5, 0.6) is 5.75 Å². The Labute approximate surface area is 121 Å². The lowest BCUT2D eigenvalue weighted by Gasteiger charge is -2.17. The second kappa shape index (κ2) is 6.65. The largest absolute Gasteiger partial charge is 0.490 e. The minimum Gasteiger partial charge on any atom is -0.490 e. The summed E-state index contributed by atoms with van der Waals surface area (Å²) >= 11 is 0. The lowest BCUT2D eigenvalue weighted by atomic mass is 10.1. The van der Waals surface area contributed by atoms with E-state index in [0.29, 0.717) is 6.10 Å². The molecule has 0 N–H and O–H groups in total. The highest BCUT2D eigenvalue weighted by Crippen LogP contribution is 2.28. The molecule has 2 rings (SSSR count). The Morgan fingerprint density at radius 3 is 2.50 bits per heavy atom. The highest BCUT2D eigenvalue weighted by Gasteiger charge is 2.10. The van der Waals surface area contributed by atoms with Gasteiger partial charge in [-0.2, -0.15) is 0 Å². The molecular weight excluding hydrogens is 248 g/mol. The highest BCUT2D eigenvalue weighted by molar-refractivity contribution is 5.82. The second-order valence-electron chi connectivity index (χ2n) is 5.41. The van der Waals surface area contributed by atoms with Crippen molar-refractivity contribution in [3.63, 3.8) is 0 Å². The first-order valence-corrected chi connectivity index (χ1v) is 7.50. The van der Waals surface area contributed by atoms with Gasteiger partial charge >= 0.3 is 0 Å². The van der Waals surface area contributed by atoms with Crippen LogP contribution in [0.4, 0.5) is 0 Å². The third-order valence-electron chi connectivity index (χ3n) is 3.43. The average molecular weight is 272 g/mol. The molecule has 0 bridgehead atoms. The Bertz CT molecular complexity index is 574. The van der Waals surface area contributed by atoms with Crippen molar-refractivity contribution in [1.82, 2.24) is 0 Å². The number of hydrogen-bond acceptors (Lipinski definition) is 2. The minimum atomic E-state index is 0.315. The molecule has 1 aromatic carbocycles. The molecule has 0 fully saturated rings. The molecule has 0 unspecified atom stereocenters. The van der Waals surface area contributed by atoms with Crippen LogP contribution in [0.15, 0.2) is 35.3 Å². The van der Waals surface area contributed by atoms with Crippen molar-refractivity contribution >= 4 is 16.5 Å². The molecule has 0 aliphatic rings. The van der Waals surface area contributed by atoms with Gasteiger partial charge in [0, 0.05) is 5.39 Å². The number of allylic oxidation sites excluding steroid dienone is 1. The van der Waals surface area contributed by atoms with E-state index in [2.05, 4.69) is 26.5 Å². The predicted octanol–water partition coefficient (Wildman–Crippen LogP) is 5.81. The van der Waals surface area contributed by atoms with Gasteiger partial charge in [-0.15, -0.1) is 0 Å². The maximum Gasteiger partial charge on any atom is 0.135 e. The molecule has 0 amide bonds. The van der Waals surface area contributed by atoms with Gasteiger partial charge in [0.25, 0.3) is 0 Å². The lowest BCUT2D eigenvalue weighted by molar-refractivity contribution is 0.179. The summed E-state index contributed by atoms with van der Waals surface area (Å²) in [6.45, 7) is 10.3. The molecule has 20 heavy (non-hydrogen) atoms. The standard InChI is InChI=1S/C18H24O2/c1-5-7-15(8-6-2)19-16-9-10-17-14(11-16)12-18(20-17)13(3)4/h9-12,15H,3,5-8H2,1-2,4H3. The number of ether oxygens (including phenoxy) is 1. The molecule has 0 atom stereocenters. The van der Waals surface area contributed by atoms with Crippen molar-refractivity contribution < 1.29 is 9.15 Å². The second-order valence-corrected chi connectivity index (χ2v) is 5.41. The van der Waals surface area contributed by atoms with Gasteiger partial charge < -0.3 is 9.15 Å². The van der Waals surface area contributed by atoms with E-state index in [4.69, 9.17) is 9.15 Å². The molecule has 0 saturated carbocycles. The fourth-order valence-corrected chi connectivity index (χ4v) is 2.40. The Balaban J connectivity index is 2.19. The first kappa shape index (κ1) is 14.7. The van der Waals surface area contributed by atoms with Crippen LogP contribution in [0.1, 0.15) is 52.2 Å². The Morgan fingerprint density at radius 2 is 1.90 bits per heavy atom. The van der Waals surface area contributed by atoms with Gasteiger partial charge in [0.05, 0.1) is 6.10 Å². The maximum absolute atomic E-state index is 6.11. The summed E-state index contributed by atoms with van der Waals surface area (Å²) in [6, 6.07) is 8.06. The van der Waals surface area contributed by atoms with E-state index in [-0.39, 0.29) is 0 Å². The Morgan fingerprint density at radius 1 is 1.20 bits per heavy atom. The summed E-state index contributed by atoms with van der Waals surface area (Å²) in [5.41, 5.74) is 1.83. The quantitative estimate of drug-likeness (QED) is 0.634. The number of benzene rings is 1. The van der Waals surface area contributed by atoms with Crippen LogP contribution < -0.4 is 4.74 Å². The van der Waals surface area contributed by atoms with E-state index in [1.54, 1.807) is 0 Å². The summed E-state index contributed by atoms with van der Waals surface area (Å²) in [4.78, 5) is 0. The molecule has 0 aliphatic heterocycles. The molecule has 1 aromatic heterocycles. The van der Waals surface area contributed by atoms with Crippen LogP contribution in [-0.4, -0.2) is 6.10 Å². The minimum absolute atomic E-state index is 0.315. The average Bonchev–Trinajstić information content (AvgIpc) is 2.82. The highest BCUT2D eigenvalue weighted by atomic mass is 16.5. The molecule has 0 spiro atoms. The molecule has 0 aliphatic carbocycles. The summed E-state index contributed by atoms with van der Waals surface area (Å²) in [6.07, 6.45) is 4.83. The Hall–Kier alpha value is -1.70. The zero-order chi connectivity index (χ0) is 14.5. The van der Waals surface area contributed by atoms with Gasteiger partial charge in [-0.25, -0.2) is 0 Å². The number of hydrogen-bond donors (Lipinski definition) is 0. The molecule has 2 heteroatoms. The SMILES string of the molecule is C=C(C)c1cc2cc(OC(CCC)CCC)ccc2o1. The zero-order valence-electron chi connectivity index (χ0n) is 12.7. The van der Waals surface area contributed by atoms with Crippen LogP contribution in [0.2, 0.25) is 0 Å².